The summed E-state index contributed by atoms with van der Waals surface area (Å²) in [6, 6.07) is 15.8. The number of anilines is 1. The first-order valence-electron chi connectivity index (χ1n) is 8.02. The van der Waals surface area contributed by atoms with Crippen molar-refractivity contribution >= 4 is 22.7 Å². The zero-order valence-electron chi connectivity index (χ0n) is 14.8. The van der Waals surface area contributed by atoms with E-state index in [2.05, 4.69) is 27.6 Å². The number of aryl methyl sites for hydroxylation is 2. The summed E-state index contributed by atoms with van der Waals surface area (Å²) < 4.78 is 5.25. The van der Waals surface area contributed by atoms with Crippen molar-refractivity contribution in [3.63, 3.8) is 0 Å². The fraction of sp³-hybridized carbons (Fsp3) is 0.150. The van der Waals surface area contributed by atoms with Gasteiger partial charge in [0, 0.05) is 10.9 Å². The van der Waals surface area contributed by atoms with Crippen molar-refractivity contribution in [1.82, 2.24) is 4.98 Å². The monoisotopic (exact) mass is 362 g/mol. The fourth-order valence-corrected chi connectivity index (χ4v) is 3.24. The van der Waals surface area contributed by atoms with Gasteiger partial charge in [0.2, 0.25) is 0 Å². The molecule has 0 aliphatic rings. The van der Waals surface area contributed by atoms with Gasteiger partial charge in [0.25, 0.3) is 0 Å². The molecule has 1 aromatic heterocycles. The van der Waals surface area contributed by atoms with E-state index in [4.69, 9.17) is 4.74 Å². The molecule has 0 atom stereocenters. The Kier molecular flexibility index (Phi) is 5.30. The highest BCUT2D eigenvalue weighted by Gasteiger charge is 2.11. The summed E-state index contributed by atoms with van der Waals surface area (Å²) in [5.41, 5.74) is 8.07. The van der Waals surface area contributed by atoms with Gasteiger partial charge in [-0.2, -0.15) is 10.4 Å². The van der Waals surface area contributed by atoms with Gasteiger partial charge in [-0.25, -0.2) is 4.98 Å². The maximum absolute atomic E-state index is 9.46. The third-order valence-corrected chi connectivity index (χ3v) is 4.70. The SMILES string of the molecule is COc1cccc(-c2csc(/C(C#N)=N\Nc3ccc(C)cc3C)n2)c1. The molecule has 0 aliphatic heterocycles. The molecule has 0 fully saturated rings. The number of nitriles is 1. The second-order valence-electron chi connectivity index (χ2n) is 5.77. The van der Waals surface area contributed by atoms with Crippen LogP contribution in [0.1, 0.15) is 16.1 Å². The van der Waals surface area contributed by atoms with E-state index < -0.39 is 0 Å². The van der Waals surface area contributed by atoms with Crippen molar-refractivity contribution in [1.29, 1.82) is 5.26 Å². The minimum absolute atomic E-state index is 0.254. The first-order chi connectivity index (χ1) is 12.6. The van der Waals surface area contributed by atoms with Crippen molar-refractivity contribution in [2.45, 2.75) is 13.8 Å². The van der Waals surface area contributed by atoms with E-state index in [-0.39, 0.29) is 5.71 Å². The number of methoxy groups -OCH3 is 1. The number of hydrazone groups is 1. The predicted molar refractivity (Wildman–Crippen MR) is 106 cm³/mol. The van der Waals surface area contributed by atoms with Crippen LogP contribution in [0.3, 0.4) is 0 Å². The maximum Gasteiger partial charge on any atom is 0.196 e. The smallest absolute Gasteiger partial charge is 0.196 e. The average Bonchev–Trinajstić information content (AvgIpc) is 3.14. The Bertz CT molecular complexity index is 1000. The number of thiazole rings is 1. The molecular weight excluding hydrogens is 344 g/mol. The van der Waals surface area contributed by atoms with Crippen molar-refractivity contribution in [3.05, 3.63) is 64.0 Å². The molecule has 0 saturated heterocycles. The zero-order chi connectivity index (χ0) is 18.5. The van der Waals surface area contributed by atoms with Gasteiger partial charge in [0.15, 0.2) is 10.7 Å². The number of ether oxygens (including phenoxy) is 1. The summed E-state index contributed by atoms with van der Waals surface area (Å²) in [4.78, 5) is 4.55. The molecule has 0 amide bonds. The van der Waals surface area contributed by atoms with Gasteiger partial charge < -0.3 is 4.74 Å². The molecule has 0 aliphatic carbocycles. The third-order valence-electron chi connectivity index (χ3n) is 3.85. The van der Waals surface area contributed by atoms with Crippen molar-refractivity contribution in [3.8, 4) is 23.1 Å². The van der Waals surface area contributed by atoms with Crippen LogP contribution in [0.2, 0.25) is 0 Å². The fourth-order valence-electron chi connectivity index (χ4n) is 2.47. The summed E-state index contributed by atoms with van der Waals surface area (Å²) in [6.45, 7) is 4.04. The topological polar surface area (TPSA) is 70.3 Å². The van der Waals surface area contributed by atoms with Gasteiger partial charge in [-0.05, 0) is 37.6 Å². The molecular formula is C20H18N4OS. The Morgan fingerprint density at radius 3 is 2.81 bits per heavy atom. The van der Waals surface area contributed by atoms with Crippen LogP contribution in [-0.2, 0) is 0 Å². The van der Waals surface area contributed by atoms with E-state index in [1.165, 1.54) is 16.9 Å². The Hall–Kier alpha value is -3.17. The van der Waals surface area contributed by atoms with E-state index in [1.807, 2.05) is 55.6 Å². The molecule has 2 aromatic carbocycles. The lowest BCUT2D eigenvalue weighted by Gasteiger charge is -2.05. The first-order valence-corrected chi connectivity index (χ1v) is 8.90. The number of rotatable bonds is 5. The average molecular weight is 362 g/mol. The number of nitrogens with zero attached hydrogens (tertiary/aromatic N) is 3. The molecule has 130 valence electrons. The van der Waals surface area contributed by atoms with Gasteiger partial charge in [-0.15, -0.1) is 11.3 Å². The molecule has 26 heavy (non-hydrogen) atoms. The van der Waals surface area contributed by atoms with Crippen LogP contribution in [0.25, 0.3) is 11.3 Å². The van der Waals surface area contributed by atoms with E-state index in [1.54, 1.807) is 7.11 Å². The first kappa shape index (κ1) is 17.6. The van der Waals surface area contributed by atoms with Gasteiger partial charge in [-0.1, -0.05) is 29.8 Å². The minimum atomic E-state index is 0.254. The van der Waals surface area contributed by atoms with Crippen LogP contribution >= 0.6 is 11.3 Å². The molecule has 3 rings (SSSR count). The number of hydrogen-bond acceptors (Lipinski definition) is 6. The van der Waals surface area contributed by atoms with Crippen LogP contribution in [0, 0.1) is 25.2 Å². The van der Waals surface area contributed by atoms with E-state index in [0.717, 1.165) is 28.3 Å². The number of hydrogen-bond donors (Lipinski definition) is 1. The second-order valence-corrected chi connectivity index (χ2v) is 6.63. The lowest BCUT2D eigenvalue weighted by Crippen LogP contribution is -2.02. The van der Waals surface area contributed by atoms with Crippen LogP contribution in [0.15, 0.2) is 52.9 Å². The van der Waals surface area contributed by atoms with Crippen LogP contribution in [0.4, 0.5) is 5.69 Å². The van der Waals surface area contributed by atoms with Crippen molar-refractivity contribution in [2.24, 2.45) is 5.10 Å². The molecule has 0 saturated carbocycles. The number of aromatic nitrogens is 1. The summed E-state index contributed by atoms with van der Waals surface area (Å²) >= 11 is 1.39. The highest BCUT2D eigenvalue weighted by atomic mass is 32.1. The highest BCUT2D eigenvalue weighted by molar-refractivity contribution is 7.12. The van der Waals surface area contributed by atoms with E-state index in [0.29, 0.717) is 5.01 Å². The molecule has 1 heterocycles. The molecule has 6 heteroatoms. The predicted octanol–water partition coefficient (Wildman–Crippen LogP) is 4.78. The zero-order valence-corrected chi connectivity index (χ0v) is 15.6. The Morgan fingerprint density at radius 1 is 1.23 bits per heavy atom. The lowest BCUT2D eigenvalue weighted by molar-refractivity contribution is 0.415. The Balaban J connectivity index is 1.85. The molecule has 0 radical (unpaired) electrons. The van der Waals surface area contributed by atoms with Crippen LogP contribution in [-0.4, -0.2) is 17.8 Å². The van der Waals surface area contributed by atoms with Crippen molar-refractivity contribution in [2.75, 3.05) is 12.5 Å². The summed E-state index contributed by atoms with van der Waals surface area (Å²) in [5.74, 6) is 0.766. The van der Waals surface area contributed by atoms with E-state index >= 15 is 0 Å². The molecule has 1 N–H and O–H groups in total. The third kappa shape index (κ3) is 3.90. The molecule has 0 unspecified atom stereocenters. The Morgan fingerprint density at radius 2 is 2.08 bits per heavy atom. The molecule has 0 spiro atoms. The molecule has 0 bridgehead atoms. The quantitative estimate of drug-likeness (QED) is 0.524. The lowest BCUT2D eigenvalue weighted by atomic mass is 10.1. The summed E-state index contributed by atoms with van der Waals surface area (Å²) in [5, 5.41) is 16.2. The van der Waals surface area contributed by atoms with Crippen LogP contribution in [0.5, 0.6) is 5.75 Å². The van der Waals surface area contributed by atoms with Gasteiger partial charge in [0.05, 0.1) is 18.5 Å². The minimum Gasteiger partial charge on any atom is -0.497 e. The molecule has 5 nitrogen and oxygen atoms in total. The number of nitrogens with one attached hydrogen (secondary N) is 1. The normalized spacial score (nSPS) is 11.1. The van der Waals surface area contributed by atoms with E-state index in [9.17, 15) is 5.26 Å². The standard InChI is InChI=1S/C20H18N4OS/c1-13-7-8-17(14(2)9-13)23-24-18(11-21)20-22-19(12-26-20)15-5-4-6-16(10-15)25-3/h4-10,12,23H,1-3H3/b24-18-. The molecule has 3 aromatic rings. The highest BCUT2D eigenvalue weighted by Crippen LogP contribution is 2.25. The number of benzene rings is 2. The Labute approximate surface area is 156 Å². The second kappa shape index (κ2) is 7.81. The van der Waals surface area contributed by atoms with Crippen LogP contribution < -0.4 is 10.2 Å². The van der Waals surface area contributed by atoms with Gasteiger partial charge >= 0.3 is 0 Å². The maximum atomic E-state index is 9.46. The van der Waals surface area contributed by atoms with Gasteiger partial charge in [0.1, 0.15) is 11.8 Å². The summed E-state index contributed by atoms with van der Waals surface area (Å²) in [6.07, 6.45) is 0. The van der Waals surface area contributed by atoms with Crippen molar-refractivity contribution < 1.29 is 4.74 Å². The largest absolute Gasteiger partial charge is 0.497 e. The summed E-state index contributed by atoms with van der Waals surface area (Å²) in [7, 11) is 1.63. The van der Waals surface area contributed by atoms with Gasteiger partial charge in [-0.3, -0.25) is 5.43 Å².